The Bertz CT molecular complexity index is 733. The van der Waals surface area contributed by atoms with Crippen LogP contribution in [-0.2, 0) is 4.79 Å². The Labute approximate surface area is 195 Å². The van der Waals surface area contributed by atoms with Crippen LogP contribution in [-0.4, -0.2) is 23.0 Å². The number of rotatable bonds is 6. The smallest absolute Gasteiger partial charge is 0.548 e. The molecule has 0 saturated heterocycles. The Balaban J connectivity index is 0.00000338. The van der Waals surface area contributed by atoms with E-state index < -0.39 is 18.0 Å². The molecule has 7 nitrogen and oxygen atoms in total. The first-order valence-corrected chi connectivity index (χ1v) is 7.84. The second kappa shape index (κ2) is 10.6. The Morgan fingerprint density at radius 2 is 1.69 bits per heavy atom. The van der Waals surface area contributed by atoms with Gasteiger partial charge in [0, 0.05) is 11.4 Å². The fourth-order valence-corrected chi connectivity index (χ4v) is 2.06. The minimum atomic E-state index is -1.32. The van der Waals surface area contributed by atoms with E-state index in [1.54, 1.807) is 44.3 Å². The van der Waals surface area contributed by atoms with Crippen LogP contribution in [0.5, 0.6) is 11.5 Å². The van der Waals surface area contributed by atoms with Gasteiger partial charge in [0.05, 0.1) is 18.2 Å². The number of carboxylic acids is 1. The maximum Gasteiger partial charge on any atom is 1.00 e. The fraction of sp³-hybridized carbons (Fsp3) is 0.278. The number of urea groups is 1. The van der Waals surface area contributed by atoms with Gasteiger partial charge in [0.2, 0.25) is 0 Å². The molecule has 0 spiro atoms. The molecule has 1 atom stereocenters. The zero-order chi connectivity index (χ0) is 18.4. The largest absolute Gasteiger partial charge is 1.00 e. The standard InChI is InChI=1S/C18H21N3O4.K/c1-11(2)16(17(22)23)21-18(24)20-13-5-8-14(9-6-13)25-15-7-4-12(3)19-10-15;/h4-11,16H,1-3H3,(H,22,23)(H2,20,21,24);/q;+1/p-1/t16-;/m1./s1. The number of carbonyl (C=O) groups excluding carboxylic acids is 2. The van der Waals surface area contributed by atoms with E-state index in [9.17, 15) is 14.7 Å². The molecule has 2 N–H and O–H groups in total. The second-order valence-electron chi connectivity index (χ2n) is 5.90. The number of hydrogen-bond donors (Lipinski definition) is 2. The summed E-state index contributed by atoms with van der Waals surface area (Å²) < 4.78 is 5.64. The van der Waals surface area contributed by atoms with E-state index in [1.165, 1.54) is 0 Å². The molecule has 2 amide bonds. The number of hydrogen-bond acceptors (Lipinski definition) is 5. The Morgan fingerprint density at radius 3 is 2.19 bits per heavy atom. The van der Waals surface area contributed by atoms with Gasteiger partial charge in [-0.25, -0.2) is 4.79 Å². The third kappa shape index (κ3) is 7.04. The minimum absolute atomic E-state index is 0. The summed E-state index contributed by atoms with van der Waals surface area (Å²) in [6.45, 7) is 5.26. The monoisotopic (exact) mass is 381 g/mol. The normalized spacial score (nSPS) is 11.2. The number of benzene rings is 1. The number of pyridine rings is 1. The number of aliphatic carboxylic acids is 1. The number of aromatic nitrogens is 1. The zero-order valence-electron chi connectivity index (χ0n) is 15.3. The first-order valence-electron chi connectivity index (χ1n) is 7.84. The van der Waals surface area contributed by atoms with E-state index in [-0.39, 0.29) is 57.3 Å². The molecular weight excluding hydrogens is 361 g/mol. The maximum atomic E-state index is 11.9. The molecule has 132 valence electrons. The van der Waals surface area contributed by atoms with E-state index in [1.807, 2.05) is 19.1 Å². The van der Waals surface area contributed by atoms with Crippen LogP contribution in [0.2, 0.25) is 0 Å². The predicted octanol–water partition coefficient (Wildman–Crippen LogP) is -0.918. The van der Waals surface area contributed by atoms with Gasteiger partial charge < -0.3 is 25.3 Å². The summed E-state index contributed by atoms with van der Waals surface area (Å²) in [5, 5.41) is 15.9. The zero-order valence-corrected chi connectivity index (χ0v) is 18.4. The molecule has 0 saturated carbocycles. The van der Waals surface area contributed by atoms with Crippen molar-refractivity contribution >= 4 is 17.7 Å². The molecule has 26 heavy (non-hydrogen) atoms. The molecular formula is C18H20KN3O4. The minimum Gasteiger partial charge on any atom is -0.548 e. The number of nitrogens with one attached hydrogen (secondary N) is 2. The van der Waals surface area contributed by atoms with Gasteiger partial charge in [-0.15, -0.1) is 0 Å². The van der Waals surface area contributed by atoms with Gasteiger partial charge in [0.25, 0.3) is 0 Å². The third-order valence-corrected chi connectivity index (χ3v) is 3.44. The van der Waals surface area contributed by atoms with Gasteiger partial charge in [0.15, 0.2) is 0 Å². The number of carbonyl (C=O) groups is 2. The molecule has 0 fully saturated rings. The third-order valence-electron chi connectivity index (χ3n) is 3.44. The van der Waals surface area contributed by atoms with Gasteiger partial charge in [-0.2, -0.15) is 0 Å². The predicted molar refractivity (Wildman–Crippen MR) is 91.3 cm³/mol. The summed E-state index contributed by atoms with van der Waals surface area (Å²) >= 11 is 0. The van der Waals surface area contributed by atoms with E-state index in [0.29, 0.717) is 17.2 Å². The van der Waals surface area contributed by atoms with Crippen molar-refractivity contribution in [1.82, 2.24) is 10.3 Å². The van der Waals surface area contributed by atoms with Gasteiger partial charge in [-0.1, -0.05) is 13.8 Å². The van der Waals surface area contributed by atoms with Crippen molar-refractivity contribution in [3.8, 4) is 11.5 Å². The van der Waals surface area contributed by atoms with Crippen LogP contribution in [0.15, 0.2) is 42.6 Å². The van der Waals surface area contributed by atoms with Crippen molar-refractivity contribution in [3.05, 3.63) is 48.3 Å². The number of nitrogens with zero attached hydrogens (tertiary/aromatic N) is 1. The summed E-state index contributed by atoms with van der Waals surface area (Å²) in [4.78, 5) is 27.0. The topological polar surface area (TPSA) is 103 Å². The molecule has 8 heteroatoms. The number of amides is 2. The van der Waals surface area contributed by atoms with Gasteiger partial charge >= 0.3 is 57.4 Å². The molecule has 2 rings (SSSR count). The van der Waals surface area contributed by atoms with Crippen LogP contribution in [0.25, 0.3) is 0 Å². The average Bonchev–Trinajstić information content (AvgIpc) is 2.56. The van der Waals surface area contributed by atoms with E-state index >= 15 is 0 Å². The molecule has 0 aliphatic rings. The summed E-state index contributed by atoms with van der Waals surface area (Å²) in [6, 6.07) is 8.67. The summed E-state index contributed by atoms with van der Waals surface area (Å²) in [5.41, 5.74) is 1.40. The van der Waals surface area contributed by atoms with Crippen LogP contribution in [0.3, 0.4) is 0 Å². The van der Waals surface area contributed by atoms with Crippen molar-refractivity contribution in [3.63, 3.8) is 0 Å². The van der Waals surface area contributed by atoms with Crippen molar-refractivity contribution in [1.29, 1.82) is 0 Å². The summed E-state index contributed by atoms with van der Waals surface area (Å²) in [5.74, 6) is -0.403. The maximum absolute atomic E-state index is 11.9. The van der Waals surface area contributed by atoms with Crippen molar-refractivity contribution < 1.29 is 70.8 Å². The summed E-state index contributed by atoms with van der Waals surface area (Å²) in [6.07, 6.45) is 1.63. The van der Waals surface area contributed by atoms with E-state index in [0.717, 1.165) is 5.69 Å². The van der Waals surface area contributed by atoms with E-state index in [2.05, 4.69) is 15.6 Å². The molecule has 0 aliphatic carbocycles. The number of anilines is 1. The molecule has 0 aliphatic heterocycles. The molecule has 1 heterocycles. The fourth-order valence-electron chi connectivity index (χ4n) is 2.06. The van der Waals surface area contributed by atoms with Crippen molar-refractivity contribution in [2.45, 2.75) is 26.8 Å². The van der Waals surface area contributed by atoms with Crippen molar-refractivity contribution in [2.75, 3.05) is 5.32 Å². The van der Waals surface area contributed by atoms with Crippen LogP contribution >= 0.6 is 0 Å². The molecule has 1 aromatic heterocycles. The van der Waals surface area contributed by atoms with Crippen molar-refractivity contribution in [2.24, 2.45) is 5.92 Å². The van der Waals surface area contributed by atoms with Crippen LogP contribution in [0.4, 0.5) is 10.5 Å². The second-order valence-corrected chi connectivity index (χ2v) is 5.90. The van der Waals surface area contributed by atoms with Gasteiger partial charge in [-0.3, -0.25) is 4.98 Å². The molecule has 1 aromatic carbocycles. The van der Waals surface area contributed by atoms with E-state index in [4.69, 9.17) is 4.74 Å². The molecule has 0 bridgehead atoms. The van der Waals surface area contributed by atoms with Crippen LogP contribution in [0.1, 0.15) is 19.5 Å². The number of carboxylic acid groups (broad SMARTS) is 1. The first-order chi connectivity index (χ1) is 11.8. The van der Waals surface area contributed by atoms with Crippen LogP contribution < -0.4 is 71.9 Å². The van der Waals surface area contributed by atoms with Crippen LogP contribution in [0, 0.1) is 12.8 Å². The number of ether oxygens (including phenoxy) is 1. The van der Waals surface area contributed by atoms with Gasteiger partial charge in [0.1, 0.15) is 11.5 Å². The Morgan fingerprint density at radius 1 is 1.08 bits per heavy atom. The summed E-state index contributed by atoms with van der Waals surface area (Å²) in [7, 11) is 0. The first kappa shape index (κ1) is 22.6. The number of aryl methyl sites for hydroxylation is 1. The SMILES string of the molecule is Cc1ccc(Oc2ccc(NC(=O)N[C@@H](C(=O)[O-])C(C)C)cc2)cn1.[K+]. The Kier molecular flexibility index (Phi) is 9.24. The molecule has 0 unspecified atom stereocenters. The molecule has 2 aromatic rings. The average molecular weight is 381 g/mol. The van der Waals surface area contributed by atoms with Gasteiger partial charge in [-0.05, 0) is 49.2 Å². The molecule has 0 radical (unpaired) electrons. The Hall–Kier alpha value is -1.45. The quantitative estimate of drug-likeness (QED) is 0.630.